The van der Waals surface area contributed by atoms with Gasteiger partial charge in [0.05, 0.1) is 0 Å². The maximum absolute atomic E-state index is 10.7. The first kappa shape index (κ1) is 33.0. The third-order valence-corrected chi connectivity index (χ3v) is 4.78. The van der Waals surface area contributed by atoms with Crippen molar-refractivity contribution in [3.05, 3.63) is 109 Å². The second-order valence-corrected chi connectivity index (χ2v) is 12.3. The van der Waals surface area contributed by atoms with Crippen LogP contribution in [0.15, 0.2) is 97.6 Å². The number of aryl methyl sites for hydroxylation is 2. The molecule has 0 N–H and O–H groups in total. The molecule has 2 nitrogen and oxygen atoms in total. The van der Waals surface area contributed by atoms with Crippen molar-refractivity contribution in [1.29, 1.82) is 0 Å². The summed E-state index contributed by atoms with van der Waals surface area (Å²) < 4.78 is 123. The van der Waals surface area contributed by atoms with Gasteiger partial charge in [-0.25, -0.2) is 0 Å². The zero-order valence-electron chi connectivity index (χ0n) is 20.6. The van der Waals surface area contributed by atoms with Crippen molar-refractivity contribution in [1.82, 2.24) is 0 Å². The van der Waals surface area contributed by atoms with Gasteiger partial charge in [0.25, 0.3) is 0 Å². The zero-order valence-corrected chi connectivity index (χ0v) is 22.4. The molecule has 2 heterocycles. The molecular formula is C24H22F12N2P2. The molecular weight excluding hydrogens is 606 g/mol. The van der Waals surface area contributed by atoms with Gasteiger partial charge in [-0.2, -0.15) is 9.13 Å². The Labute approximate surface area is 220 Å². The molecule has 0 saturated heterocycles. The molecule has 222 valence electrons. The average molecular weight is 628 g/mol. The van der Waals surface area contributed by atoms with E-state index in [9.17, 15) is 50.4 Å². The predicted octanol–water partition coefficient (Wildman–Crippen LogP) is 11.3. The molecule has 2 aromatic heterocycles. The summed E-state index contributed by atoms with van der Waals surface area (Å²) in [6.45, 7) is 4.27. The van der Waals surface area contributed by atoms with Crippen LogP contribution < -0.4 is 9.13 Å². The Hall–Kier alpha value is -3.24. The van der Waals surface area contributed by atoms with Gasteiger partial charge < -0.3 is 0 Å². The Kier molecular flexibility index (Phi) is 7.99. The van der Waals surface area contributed by atoms with Crippen LogP contribution in [0.1, 0.15) is 11.1 Å². The summed E-state index contributed by atoms with van der Waals surface area (Å²) in [7, 11) is -21.3. The fraction of sp³-hybridized carbons (Fsp3) is 0.0833. The van der Waals surface area contributed by atoms with Crippen LogP contribution in [0.5, 0.6) is 0 Å². The summed E-state index contributed by atoms with van der Waals surface area (Å²) in [6, 6.07) is 25.5. The van der Waals surface area contributed by atoms with Gasteiger partial charge in [0.15, 0.2) is 24.8 Å². The molecule has 0 aliphatic heterocycles. The third kappa shape index (κ3) is 15.4. The van der Waals surface area contributed by atoms with E-state index in [0.717, 1.165) is 0 Å². The van der Waals surface area contributed by atoms with Crippen LogP contribution >= 0.6 is 15.6 Å². The minimum absolute atomic E-state index is 1.21. The molecule has 0 spiro atoms. The number of pyridine rings is 2. The number of benzene rings is 2. The number of rotatable bonds is 3. The van der Waals surface area contributed by atoms with Gasteiger partial charge >= 0.3 is 66.0 Å². The quantitative estimate of drug-likeness (QED) is 0.121. The summed E-state index contributed by atoms with van der Waals surface area (Å²) >= 11 is 0. The van der Waals surface area contributed by atoms with Gasteiger partial charge in [0.1, 0.15) is 0 Å². The normalized spacial score (nSPS) is 15.1. The molecule has 0 aliphatic carbocycles. The van der Waals surface area contributed by atoms with E-state index in [0.29, 0.717) is 0 Å². The number of para-hydroxylation sites is 2. The topological polar surface area (TPSA) is 7.76 Å². The average Bonchev–Trinajstić information content (AvgIpc) is 2.76. The summed E-state index contributed by atoms with van der Waals surface area (Å²) in [4.78, 5) is 0. The van der Waals surface area contributed by atoms with Gasteiger partial charge in [-0.3, -0.25) is 0 Å². The molecule has 0 unspecified atom stereocenters. The Bertz CT molecular complexity index is 1330. The molecule has 4 rings (SSSR count). The van der Waals surface area contributed by atoms with Crippen LogP contribution in [0, 0.1) is 13.8 Å². The van der Waals surface area contributed by atoms with E-state index in [-0.39, 0.29) is 0 Å². The molecule has 0 aliphatic rings. The molecule has 0 amide bonds. The van der Waals surface area contributed by atoms with Gasteiger partial charge in [-0.15, -0.1) is 0 Å². The summed E-state index contributed by atoms with van der Waals surface area (Å²) in [5.74, 6) is 0. The summed E-state index contributed by atoms with van der Waals surface area (Å²) in [6.07, 6.45) is 8.50. The van der Waals surface area contributed by atoms with Crippen molar-refractivity contribution < 1.29 is 59.5 Å². The Morgan fingerprint density at radius 3 is 0.850 bits per heavy atom. The number of halogens is 12. The summed E-state index contributed by atoms with van der Waals surface area (Å²) in [5, 5.41) is 0. The van der Waals surface area contributed by atoms with E-state index in [1.54, 1.807) is 0 Å². The van der Waals surface area contributed by atoms with Crippen molar-refractivity contribution in [3.63, 3.8) is 0 Å². The molecule has 4 aromatic rings. The molecule has 2 aromatic carbocycles. The van der Waals surface area contributed by atoms with Gasteiger partial charge in [0, 0.05) is 47.5 Å². The second-order valence-electron chi connectivity index (χ2n) is 8.48. The molecule has 0 radical (unpaired) electrons. The standard InChI is InChI=1S/C24H22N2.2F6P/c1-19-7-3-5-9-23(19)25-15-11-21(12-16-25)22-13-17-26(18-14-22)24-10-6-4-8-20(24)2;2*1-7(2,3,4,5)6/h3-18H,1-2H3;;/q+2;2*-1. The third-order valence-electron chi connectivity index (χ3n) is 4.78. The van der Waals surface area contributed by atoms with Crippen LogP contribution in [0.2, 0.25) is 0 Å². The van der Waals surface area contributed by atoms with Gasteiger partial charge in [-0.05, 0) is 25.0 Å². The molecule has 16 heteroatoms. The first-order valence-corrected chi connectivity index (χ1v) is 15.0. The van der Waals surface area contributed by atoms with E-state index >= 15 is 0 Å². The van der Waals surface area contributed by atoms with E-state index in [2.05, 4.69) is 121 Å². The van der Waals surface area contributed by atoms with Crippen molar-refractivity contribution in [3.8, 4) is 22.5 Å². The Morgan fingerprint density at radius 2 is 0.625 bits per heavy atom. The molecule has 0 fully saturated rings. The summed E-state index contributed by atoms with van der Waals surface area (Å²) in [5.41, 5.74) is 7.39. The predicted molar refractivity (Wildman–Crippen MR) is 132 cm³/mol. The number of aromatic nitrogens is 2. The Balaban J connectivity index is 0.000000333. The van der Waals surface area contributed by atoms with Crippen LogP contribution in [-0.2, 0) is 0 Å². The number of hydrogen-bond acceptors (Lipinski definition) is 0. The first-order valence-electron chi connectivity index (χ1n) is 10.9. The zero-order chi connectivity index (χ0) is 30.7. The monoisotopic (exact) mass is 628 g/mol. The molecule has 0 atom stereocenters. The van der Waals surface area contributed by atoms with E-state index < -0.39 is 15.6 Å². The molecule has 40 heavy (non-hydrogen) atoms. The van der Waals surface area contributed by atoms with Crippen LogP contribution in [0.25, 0.3) is 22.5 Å². The minimum atomic E-state index is -10.7. The SMILES string of the molecule is Cc1ccccc1-[n+]1ccc(-c2cc[n+](-c3ccccc3C)cc2)cc1.F[P-](F)(F)(F)(F)F.F[P-](F)(F)(F)(F)F. The van der Waals surface area contributed by atoms with Crippen molar-refractivity contribution in [2.45, 2.75) is 13.8 Å². The second kappa shape index (κ2) is 9.69. The van der Waals surface area contributed by atoms with E-state index in [1.807, 2.05) is 0 Å². The van der Waals surface area contributed by atoms with Gasteiger partial charge in [-0.1, -0.05) is 36.4 Å². The van der Waals surface area contributed by atoms with Crippen molar-refractivity contribution >= 4 is 15.6 Å². The van der Waals surface area contributed by atoms with E-state index in [4.69, 9.17) is 0 Å². The van der Waals surface area contributed by atoms with Crippen LogP contribution in [0.3, 0.4) is 0 Å². The number of hydrogen-bond donors (Lipinski definition) is 0. The Morgan fingerprint density at radius 1 is 0.400 bits per heavy atom. The van der Waals surface area contributed by atoms with Crippen LogP contribution in [0.4, 0.5) is 50.4 Å². The van der Waals surface area contributed by atoms with Crippen molar-refractivity contribution in [2.24, 2.45) is 0 Å². The molecule has 0 bridgehead atoms. The van der Waals surface area contributed by atoms with Crippen molar-refractivity contribution in [2.75, 3.05) is 0 Å². The van der Waals surface area contributed by atoms with Crippen LogP contribution in [-0.4, -0.2) is 0 Å². The van der Waals surface area contributed by atoms with E-state index in [1.165, 1.54) is 33.6 Å². The number of nitrogens with zero attached hydrogens (tertiary/aromatic N) is 2. The maximum atomic E-state index is 9.87. The molecule has 0 saturated carbocycles. The fourth-order valence-corrected chi connectivity index (χ4v) is 3.27. The fourth-order valence-electron chi connectivity index (χ4n) is 3.27. The van der Waals surface area contributed by atoms with Gasteiger partial charge in [0.2, 0.25) is 11.4 Å². The first-order chi connectivity index (χ1) is 17.6.